The van der Waals surface area contributed by atoms with Crippen LogP contribution in [0, 0.1) is 10.1 Å². The molecular weight excluding hydrogens is 234 g/mol. The second-order valence-corrected chi connectivity index (χ2v) is 3.99. The van der Waals surface area contributed by atoms with Crippen LogP contribution in [0.4, 0.5) is 9.80 Å². The normalized spacial score (nSPS) is 10.0. The van der Waals surface area contributed by atoms with Crippen LogP contribution >= 0.6 is 11.3 Å². The Hall–Kier alpha value is -1.67. The number of rotatable bonds is 6. The Morgan fingerprint density at radius 1 is 1.62 bits per heavy atom. The summed E-state index contributed by atoms with van der Waals surface area (Å²) >= 11 is 1.11. The van der Waals surface area contributed by atoms with E-state index in [1.54, 1.807) is 6.07 Å². The van der Waals surface area contributed by atoms with Crippen molar-refractivity contribution in [3.63, 3.8) is 0 Å². The number of ether oxygens (including phenoxy) is 1. The van der Waals surface area contributed by atoms with E-state index in [-0.39, 0.29) is 11.6 Å². The summed E-state index contributed by atoms with van der Waals surface area (Å²) in [5.74, 6) is 0. The largest absolute Gasteiger partial charge is 0.448 e. The van der Waals surface area contributed by atoms with Gasteiger partial charge in [0.05, 0.1) is 4.92 Å². The van der Waals surface area contributed by atoms with E-state index in [1.165, 1.54) is 6.07 Å². The average molecular weight is 245 g/mol. The van der Waals surface area contributed by atoms with Gasteiger partial charge < -0.3 is 15.8 Å². The minimum Gasteiger partial charge on any atom is -0.448 e. The molecule has 88 valence electrons. The van der Waals surface area contributed by atoms with Crippen molar-refractivity contribution in [2.75, 3.05) is 13.2 Å². The van der Waals surface area contributed by atoms with E-state index < -0.39 is 11.0 Å². The molecule has 0 radical (unpaired) electrons. The molecule has 1 amide bonds. The molecule has 0 bridgehead atoms. The summed E-state index contributed by atoms with van der Waals surface area (Å²) in [6, 6.07) is 3.15. The van der Waals surface area contributed by atoms with Crippen LogP contribution in [0.5, 0.6) is 0 Å². The summed E-state index contributed by atoms with van der Waals surface area (Å²) < 4.78 is 4.49. The monoisotopic (exact) mass is 245 g/mol. The molecule has 16 heavy (non-hydrogen) atoms. The SMILES string of the molecule is NC(=O)OCCNCc1ccc([N+](=O)[O-])s1. The highest BCUT2D eigenvalue weighted by atomic mass is 32.1. The second-order valence-electron chi connectivity index (χ2n) is 2.84. The van der Waals surface area contributed by atoms with Gasteiger partial charge in [-0.05, 0) is 6.07 Å². The Bertz CT molecular complexity index is 379. The summed E-state index contributed by atoms with van der Waals surface area (Å²) in [6.07, 6.45) is -0.812. The fourth-order valence-corrected chi connectivity index (χ4v) is 1.78. The van der Waals surface area contributed by atoms with Gasteiger partial charge in [-0.25, -0.2) is 4.79 Å². The fourth-order valence-electron chi connectivity index (χ4n) is 0.995. The Labute approximate surface area is 95.3 Å². The molecule has 3 N–H and O–H groups in total. The van der Waals surface area contributed by atoms with Crippen LogP contribution in [0.3, 0.4) is 0 Å². The van der Waals surface area contributed by atoms with Gasteiger partial charge in [0, 0.05) is 24.0 Å². The van der Waals surface area contributed by atoms with Crippen LogP contribution in [0.25, 0.3) is 0 Å². The Morgan fingerprint density at radius 2 is 2.38 bits per heavy atom. The molecule has 0 saturated carbocycles. The van der Waals surface area contributed by atoms with Gasteiger partial charge in [0.1, 0.15) is 6.61 Å². The molecule has 1 heterocycles. The maximum Gasteiger partial charge on any atom is 0.404 e. The predicted octanol–water partition coefficient (Wildman–Crippen LogP) is 0.841. The van der Waals surface area contributed by atoms with E-state index in [2.05, 4.69) is 10.1 Å². The van der Waals surface area contributed by atoms with Crippen LogP contribution < -0.4 is 11.1 Å². The van der Waals surface area contributed by atoms with Crippen molar-refractivity contribution in [3.05, 3.63) is 27.1 Å². The first-order valence-electron chi connectivity index (χ1n) is 4.45. The molecular formula is C8H11N3O4S. The van der Waals surface area contributed by atoms with E-state index in [1.807, 2.05) is 0 Å². The minimum absolute atomic E-state index is 0.116. The van der Waals surface area contributed by atoms with Crippen molar-refractivity contribution < 1.29 is 14.5 Å². The van der Waals surface area contributed by atoms with Gasteiger partial charge in [0.2, 0.25) is 0 Å². The number of amides is 1. The number of nitrogens with zero attached hydrogens (tertiary/aromatic N) is 1. The molecule has 8 heteroatoms. The summed E-state index contributed by atoms with van der Waals surface area (Å²) in [7, 11) is 0. The molecule has 0 aromatic carbocycles. The van der Waals surface area contributed by atoms with Gasteiger partial charge in [-0.2, -0.15) is 0 Å². The smallest absolute Gasteiger partial charge is 0.404 e. The van der Waals surface area contributed by atoms with Gasteiger partial charge in [-0.1, -0.05) is 11.3 Å². The van der Waals surface area contributed by atoms with E-state index in [0.29, 0.717) is 13.1 Å². The van der Waals surface area contributed by atoms with Crippen LogP contribution in [-0.2, 0) is 11.3 Å². The first-order valence-corrected chi connectivity index (χ1v) is 5.27. The molecule has 0 unspecified atom stereocenters. The van der Waals surface area contributed by atoms with Gasteiger partial charge in [-0.3, -0.25) is 10.1 Å². The topological polar surface area (TPSA) is 107 Å². The van der Waals surface area contributed by atoms with Crippen molar-refractivity contribution in [1.29, 1.82) is 0 Å². The number of primary amides is 1. The third-order valence-electron chi connectivity index (χ3n) is 1.65. The lowest BCUT2D eigenvalue weighted by Gasteiger charge is -2.02. The first-order chi connectivity index (χ1) is 7.59. The molecule has 0 spiro atoms. The minimum atomic E-state index is -0.812. The second kappa shape index (κ2) is 6.03. The number of hydrogen-bond acceptors (Lipinski definition) is 6. The predicted molar refractivity (Wildman–Crippen MR) is 58.2 cm³/mol. The van der Waals surface area contributed by atoms with Crippen molar-refractivity contribution in [3.8, 4) is 0 Å². The molecule has 0 aliphatic rings. The van der Waals surface area contributed by atoms with E-state index >= 15 is 0 Å². The van der Waals surface area contributed by atoms with Crippen LogP contribution in [0.2, 0.25) is 0 Å². The highest BCUT2D eigenvalue weighted by Crippen LogP contribution is 2.23. The zero-order chi connectivity index (χ0) is 12.0. The van der Waals surface area contributed by atoms with Gasteiger partial charge in [0.15, 0.2) is 0 Å². The lowest BCUT2D eigenvalue weighted by atomic mass is 10.4. The number of carbonyl (C=O) groups excluding carboxylic acids is 1. The molecule has 0 fully saturated rings. The van der Waals surface area contributed by atoms with E-state index in [9.17, 15) is 14.9 Å². The Balaban J connectivity index is 2.21. The number of nitrogens with two attached hydrogens (primary N) is 1. The van der Waals surface area contributed by atoms with Crippen LogP contribution in [0.1, 0.15) is 4.88 Å². The van der Waals surface area contributed by atoms with Crippen LogP contribution in [0.15, 0.2) is 12.1 Å². The number of nitro groups is 1. The third-order valence-corrected chi connectivity index (χ3v) is 2.69. The number of nitrogens with one attached hydrogen (secondary N) is 1. The molecule has 1 aromatic heterocycles. The standard InChI is InChI=1S/C8H11N3O4S/c9-8(12)15-4-3-10-5-6-1-2-7(16-6)11(13)14/h1-2,10H,3-5H2,(H2,9,12). The quantitative estimate of drug-likeness (QED) is 0.438. The summed E-state index contributed by atoms with van der Waals surface area (Å²) in [5, 5.41) is 13.5. The fraction of sp³-hybridized carbons (Fsp3) is 0.375. The molecule has 0 atom stereocenters. The molecule has 0 aliphatic carbocycles. The summed E-state index contributed by atoms with van der Waals surface area (Å²) in [5.41, 5.74) is 4.76. The van der Waals surface area contributed by atoms with Gasteiger partial charge in [-0.15, -0.1) is 0 Å². The van der Waals surface area contributed by atoms with Gasteiger partial charge >= 0.3 is 11.1 Å². The molecule has 0 aliphatic heterocycles. The average Bonchev–Trinajstić information content (AvgIpc) is 2.65. The summed E-state index contributed by atoms with van der Waals surface area (Å²) in [4.78, 5) is 21.0. The number of carbonyl (C=O) groups is 1. The molecule has 1 rings (SSSR count). The van der Waals surface area contributed by atoms with Gasteiger partial charge in [0.25, 0.3) is 0 Å². The molecule has 7 nitrogen and oxygen atoms in total. The number of thiophene rings is 1. The zero-order valence-corrected chi connectivity index (χ0v) is 9.16. The van der Waals surface area contributed by atoms with E-state index in [0.717, 1.165) is 16.2 Å². The van der Waals surface area contributed by atoms with Crippen molar-refractivity contribution in [2.45, 2.75) is 6.54 Å². The maximum atomic E-state index is 10.4. The molecule has 0 saturated heterocycles. The highest BCUT2D eigenvalue weighted by molar-refractivity contribution is 7.15. The first kappa shape index (κ1) is 12.4. The van der Waals surface area contributed by atoms with Crippen LogP contribution in [-0.4, -0.2) is 24.2 Å². The highest BCUT2D eigenvalue weighted by Gasteiger charge is 2.08. The lowest BCUT2D eigenvalue weighted by molar-refractivity contribution is -0.380. The molecule has 1 aromatic rings. The van der Waals surface area contributed by atoms with Crippen molar-refractivity contribution in [2.24, 2.45) is 5.73 Å². The maximum absolute atomic E-state index is 10.4. The van der Waals surface area contributed by atoms with E-state index in [4.69, 9.17) is 5.73 Å². The Morgan fingerprint density at radius 3 is 2.94 bits per heavy atom. The zero-order valence-electron chi connectivity index (χ0n) is 8.34. The lowest BCUT2D eigenvalue weighted by Crippen LogP contribution is -2.22. The Kier molecular flexibility index (Phi) is 4.67. The van der Waals surface area contributed by atoms with Crippen molar-refractivity contribution in [1.82, 2.24) is 5.32 Å². The van der Waals surface area contributed by atoms with Crippen molar-refractivity contribution >= 4 is 22.4 Å². The summed E-state index contributed by atoms with van der Waals surface area (Å²) in [6.45, 7) is 1.14. The third kappa shape index (κ3) is 4.24. The number of hydrogen-bond donors (Lipinski definition) is 2.